The number of amides is 2. The molecule has 3 aromatic rings. The number of ether oxygens (including phenoxy) is 1. The van der Waals surface area contributed by atoms with E-state index in [4.69, 9.17) is 10.5 Å². The van der Waals surface area contributed by atoms with Crippen LogP contribution in [0.25, 0.3) is 10.8 Å². The van der Waals surface area contributed by atoms with E-state index in [-0.39, 0.29) is 18.1 Å². The Labute approximate surface area is 139 Å². The number of carbonyl (C=O) groups excluding carboxylic acids is 2. The first kappa shape index (κ1) is 15.6. The van der Waals surface area contributed by atoms with Crippen LogP contribution in [-0.4, -0.2) is 18.4 Å². The van der Waals surface area contributed by atoms with Crippen molar-refractivity contribution in [1.29, 1.82) is 0 Å². The largest absolute Gasteiger partial charge is 0.483 e. The highest BCUT2D eigenvalue weighted by Gasteiger charge is 2.10. The lowest BCUT2D eigenvalue weighted by molar-refractivity contribution is -0.118. The summed E-state index contributed by atoms with van der Waals surface area (Å²) in [6, 6.07) is 20.1. The summed E-state index contributed by atoms with van der Waals surface area (Å²) >= 11 is 0. The van der Waals surface area contributed by atoms with E-state index in [0.29, 0.717) is 11.4 Å². The van der Waals surface area contributed by atoms with E-state index in [1.54, 1.807) is 24.3 Å². The van der Waals surface area contributed by atoms with Gasteiger partial charge in [-0.2, -0.15) is 0 Å². The summed E-state index contributed by atoms with van der Waals surface area (Å²) < 4.78 is 5.41. The van der Waals surface area contributed by atoms with Gasteiger partial charge in [0.15, 0.2) is 6.61 Å². The minimum atomic E-state index is -0.597. The number of nitrogens with two attached hydrogens (primary N) is 1. The summed E-state index contributed by atoms with van der Waals surface area (Å²) in [5.74, 6) is -0.622. The highest BCUT2D eigenvalue weighted by molar-refractivity contribution is 5.97. The van der Waals surface area contributed by atoms with E-state index in [1.165, 1.54) is 0 Å². The van der Waals surface area contributed by atoms with Crippen molar-refractivity contribution in [3.8, 4) is 5.75 Å². The number of hydrogen-bond acceptors (Lipinski definition) is 3. The van der Waals surface area contributed by atoms with Crippen molar-refractivity contribution >= 4 is 28.3 Å². The zero-order valence-corrected chi connectivity index (χ0v) is 12.9. The lowest BCUT2D eigenvalue weighted by Gasteiger charge is -2.10. The fourth-order valence-electron chi connectivity index (χ4n) is 2.40. The van der Waals surface area contributed by atoms with E-state index < -0.39 is 5.91 Å². The average molecular weight is 320 g/mol. The first-order valence-electron chi connectivity index (χ1n) is 7.44. The van der Waals surface area contributed by atoms with Crippen LogP contribution in [0, 0.1) is 0 Å². The fraction of sp³-hybridized carbons (Fsp3) is 0.0526. The lowest BCUT2D eigenvalue weighted by atomic mass is 10.1. The molecule has 0 saturated carbocycles. The molecule has 24 heavy (non-hydrogen) atoms. The molecule has 0 radical (unpaired) electrons. The summed E-state index contributed by atoms with van der Waals surface area (Å²) in [5, 5.41) is 4.91. The Hall–Kier alpha value is -3.34. The van der Waals surface area contributed by atoms with Gasteiger partial charge in [0, 0.05) is 5.69 Å². The Balaban J connectivity index is 1.66. The summed E-state index contributed by atoms with van der Waals surface area (Å²) in [5.41, 5.74) is 6.21. The molecule has 5 heteroatoms. The molecule has 5 nitrogen and oxygen atoms in total. The molecule has 0 bridgehead atoms. The van der Waals surface area contributed by atoms with Crippen LogP contribution in [0.15, 0.2) is 66.7 Å². The first-order valence-corrected chi connectivity index (χ1v) is 7.44. The van der Waals surface area contributed by atoms with Crippen molar-refractivity contribution in [2.45, 2.75) is 0 Å². The second-order valence-corrected chi connectivity index (χ2v) is 5.26. The average Bonchev–Trinajstić information content (AvgIpc) is 2.60. The highest BCUT2D eigenvalue weighted by atomic mass is 16.5. The third kappa shape index (κ3) is 3.52. The van der Waals surface area contributed by atoms with E-state index in [0.717, 1.165) is 10.8 Å². The molecule has 0 unspecified atom stereocenters. The molecule has 2 amide bonds. The molecule has 0 aliphatic heterocycles. The van der Waals surface area contributed by atoms with Crippen LogP contribution in [0.4, 0.5) is 5.69 Å². The third-order valence-corrected chi connectivity index (χ3v) is 3.54. The lowest BCUT2D eigenvalue weighted by Crippen LogP contribution is -2.21. The molecule has 120 valence electrons. The minimum absolute atomic E-state index is 0.211. The predicted molar refractivity (Wildman–Crippen MR) is 93.0 cm³/mol. The Morgan fingerprint density at radius 1 is 0.917 bits per heavy atom. The van der Waals surface area contributed by atoms with Crippen molar-refractivity contribution in [3.05, 3.63) is 72.3 Å². The molecular weight excluding hydrogens is 304 g/mol. The van der Waals surface area contributed by atoms with Gasteiger partial charge in [0.2, 0.25) is 0 Å². The van der Waals surface area contributed by atoms with Gasteiger partial charge in [0.1, 0.15) is 5.75 Å². The number of anilines is 1. The van der Waals surface area contributed by atoms with Crippen LogP contribution in [-0.2, 0) is 4.79 Å². The van der Waals surface area contributed by atoms with Crippen molar-refractivity contribution in [2.24, 2.45) is 5.73 Å². The predicted octanol–water partition coefficient (Wildman–Crippen LogP) is 2.96. The normalized spacial score (nSPS) is 10.3. The zero-order valence-electron chi connectivity index (χ0n) is 12.9. The Kier molecular flexibility index (Phi) is 4.43. The maximum atomic E-state index is 12.1. The van der Waals surface area contributed by atoms with Gasteiger partial charge in [-0.25, -0.2) is 0 Å². The summed E-state index contributed by atoms with van der Waals surface area (Å²) in [6.07, 6.45) is 0. The molecule has 0 aliphatic rings. The van der Waals surface area contributed by atoms with Crippen LogP contribution in [0.1, 0.15) is 10.4 Å². The number of fused-ring (bicyclic) bond motifs is 1. The molecule has 0 aromatic heterocycles. The van der Waals surface area contributed by atoms with Gasteiger partial charge < -0.3 is 15.8 Å². The van der Waals surface area contributed by atoms with Crippen LogP contribution in [0.2, 0.25) is 0 Å². The molecule has 0 fully saturated rings. The highest BCUT2D eigenvalue weighted by Crippen LogP contribution is 2.19. The first-order chi connectivity index (χ1) is 11.6. The maximum Gasteiger partial charge on any atom is 0.262 e. The molecule has 0 heterocycles. The standard InChI is InChI=1S/C19H16N2O3/c20-19(23)16-7-3-4-8-17(16)24-12-18(22)21-15-10-9-13-5-1-2-6-14(13)11-15/h1-11H,12H2,(H2,20,23)(H,21,22). The number of carbonyl (C=O) groups is 2. The van der Waals surface area contributed by atoms with Gasteiger partial charge in [-0.1, -0.05) is 42.5 Å². The van der Waals surface area contributed by atoms with Gasteiger partial charge in [0.05, 0.1) is 5.56 Å². The quantitative estimate of drug-likeness (QED) is 0.758. The number of rotatable bonds is 5. The van der Waals surface area contributed by atoms with E-state index in [2.05, 4.69) is 5.32 Å². The van der Waals surface area contributed by atoms with E-state index in [1.807, 2.05) is 42.5 Å². The maximum absolute atomic E-state index is 12.1. The minimum Gasteiger partial charge on any atom is -0.483 e. The van der Waals surface area contributed by atoms with E-state index >= 15 is 0 Å². The zero-order chi connectivity index (χ0) is 16.9. The smallest absolute Gasteiger partial charge is 0.262 e. The number of nitrogens with one attached hydrogen (secondary N) is 1. The van der Waals surface area contributed by atoms with Crippen molar-refractivity contribution in [3.63, 3.8) is 0 Å². The number of para-hydroxylation sites is 1. The van der Waals surface area contributed by atoms with Crippen LogP contribution in [0.3, 0.4) is 0 Å². The summed E-state index contributed by atoms with van der Waals surface area (Å²) in [6.45, 7) is -0.211. The Morgan fingerprint density at radius 2 is 1.62 bits per heavy atom. The number of primary amides is 1. The van der Waals surface area contributed by atoms with Gasteiger partial charge in [-0.3, -0.25) is 9.59 Å². The molecule has 0 aliphatic carbocycles. The number of hydrogen-bond donors (Lipinski definition) is 2. The van der Waals surface area contributed by atoms with Crippen molar-refractivity contribution < 1.29 is 14.3 Å². The van der Waals surface area contributed by atoms with Crippen LogP contribution >= 0.6 is 0 Å². The van der Waals surface area contributed by atoms with Crippen LogP contribution in [0.5, 0.6) is 5.75 Å². The van der Waals surface area contributed by atoms with Crippen molar-refractivity contribution in [2.75, 3.05) is 11.9 Å². The van der Waals surface area contributed by atoms with Gasteiger partial charge >= 0.3 is 0 Å². The number of benzene rings is 3. The Bertz CT molecular complexity index is 906. The monoisotopic (exact) mass is 320 g/mol. The van der Waals surface area contributed by atoms with Gasteiger partial charge in [-0.15, -0.1) is 0 Å². The second-order valence-electron chi connectivity index (χ2n) is 5.26. The molecule has 3 rings (SSSR count). The Morgan fingerprint density at radius 3 is 2.42 bits per heavy atom. The molecular formula is C19H16N2O3. The fourth-order valence-corrected chi connectivity index (χ4v) is 2.40. The molecule has 0 spiro atoms. The molecule has 0 atom stereocenters. The topological polar surface area (TPSA) is 81.4 Å². The molecule has 0 saturated heterocycles. The third-order valence-electron chi connectivity index (χ3n) is 3.54. The van der Waals surface area contributed by atoms with Crippen molar-refractivity contribution in [1.82, 2.24) is 0 Å². The summed E-state index contributed by atoms with van der Waals surface area (Å²) in [4.78, 5) is 23.4. The second kappa shape index (κ2) is 6.83. The molecule has 3 N–H and O–H groups in total. The van der Waals surface area contributed by atoms with Gasteiger partial charge in [-0.05, 0) is 35.0 Å². The van der Waals surface area contributed by atoms with Gasteiger partial charge in [0.25, 0.3) is 11.8 Å². The molecule has 3 aromatic carbocycles. The SMILES string of the molecule is NC(=O)c1ccccc1OCC(=O)Nc1ccc2ccccc2c1. The van der Waals surface area contributed by atoms with E-state index in [9.17, 15) is 9.59 Å². The van der Waals surface area contributed by atoms with Crippen LogP contribution < -0.4 is 15.8 Å². The summed E-state index contributed by atoms with van der Waals surface area (Å²) in [7, 11) is 0.